The summed E-state index contributed by atoms with van der Waals surface area (Å²) in [4.78, 5) is 4.31. The van der Waals surface area contributed by atoms with E-state index in [2.05, 4.69) is 4.98 Å². The Balaban J connectivity index is 2.46. The van der Waals surface area contributed by atoms with E-state index in [0.29, 0.717) is 16.9 Å². The standard InChI is InChI=1S/C13H13FN2O/c1-8-11(15)4-5-12(16-8)9-3-6-13(17-2)10(14)7-9/h3-7H,15H2,1-2H3. The number of ether oxygens (including phenoxy) is 1. The number of nitrogens with two attached hydrogens (primary N) is 1. The predicted molar refractivity (Wildman–Crippen MR) is 65.3 cm³/mol. The number of hydrogen-bond acceptors (Lipinski definition) is 3. The zero-order chi connectivity index (χ0) is 12.4. The molecule has 0 fully saturated rings. The maximum Gasteiger partial charge on any atom is 0.165 e. The first kappa shape index (κ1) is 11.4. The molecule has 0 atom stereocenters. The van der Waals surface area contributed by atoms with Crippen LogP contribution in [0.2, 0.25) is 0 Å². The maximum absolute atomic E-state index is 13.5. The van der Waals surface area contributed by atoms with E-state index in [4.69, 9.17) is 10.5 Å². The van der Waals surface area contributed by atoms with Gasteiger partial charge in [0.2, 0.25) is 0 Å². The third-order valence-electron chi connectivity index (χ3n) is 2.57. The van der Waals surface area contributed by atoms with Crippen molar-refractivity contribution in [2.75, 3.05) is 12.8 Å². The van der Waals surface area contributed by atoms with Crippen LogP contribution in [0.5, 0.6) is 5.75 Å². The van der Waals surface area contributed by atoms with Crippen molar-refractivity contribution >= 4 is 5.69 Å². The Morgan fingerprint density at radius 3 is 2.59 bits per heavy atom. The topological polar surface area (TPSA) is 48.1 Å². The highest BCUT2D eigenvalue weighted by Crippen LogP contribution is 2.25. The molecule has 1 heterocycles. The minimum absolute atomic E-state index is 0.223. The predicted octanol–water partition coefficient (Wildman–Crippen LogP) is 2.79. The minimum Gasteiger partial charge on any atom is -0.494 e. The van der Waals surface area contributed by atoms with Crippen LogP contribution in [0.1, 0.15) is 5.69 Å². The molecule has 17 heavy (non-hydrogen) atoms. The highest BCUT2D eigenvalue weighted by atomic mass is 19.1. The SMILES string of the molecule is COc1ccc(-c2ccc(N)c(C)n2)cc1F. The Morgan fingerprint density at radius 1 is 1.24 bits per heavy atom. The number of nitrogens with zero attached hydrogens (tertiary/aromatic N) is 1. The largest absolute Gasteiger partial charge is 0.494 e. The second kappa shape index (κ2) is 4.41. The molecule has 0 aliphatic heterocycles. The number of rotatable bonds is 2. The van der Waals surface area contributed by atoms with Crippen molar-refractivity contribution in [3.8, 4) is 17.0 Å². The van der Waals surface area contributed by atoms with Gasteiger partial charge in [0, 0.05) is 5.56 Å². The number of halogens is 1. The fourth-order valence-electron chi connectivity index (χ4n) is 1.56. The average Bonchev–Trinajstić information content (AvgIpc) is 2.32. The van der Waals surface area contributed by atoms with Crippen LogP contribution in [-0.4, -0.2) is 12.1 Å². The molecule has 4 heteroatoms. The van der Waals surface area contributed by atoms with E-state index in [1.165, 1.54) is 13.2 Å². The fourth-order valence-corrected chi connectivity index (χ4v) is 1.56. The molecule has 2 N–H and O–H groups in total. The number of aromatic nitrogens is 1. The molecule has 2 rings (SSSR count). The van der Waals surface area contributed by atoms with E-state index < -0.39 is 5.82 Å². The summed E-state index contributed by atoms with van der Waals surface area (Å²) in [6.07, 6.45) is 0. The first-order chi connectivity index (χ1) is 8.11. The monoisotopic (exact) mass is 232 g/mol. The molecule has 1 aromatic heterocycles. The summed E-state index contributed by atoms with van der Waals surface area (Å²) in [5.41, 5.74) is 8.44. The lowest BCUT2D eigenvalue weighted by molar-refractivity contribution is 0.386. The fraction of sp³-hybridized carbons (Fsp3) is 0.154. The summed E-state index contributed by atoms with van der Waals surface area (Å²) in [7, 11) is 1.43. The second-order valence-electron chi connectivity index (χ2n) is 3.72. The molecule has 0 aliphatic carbocycles. The summed E-state index contributed by atoms with van der Waals surface area (Å²) < 4.78 is 18.4. The lowest BCUT2D eigenvalue weighted by Gasteiger charge is -2.06. The number of benzene rings is 1. The van der Waals surface area contributed by atoms with Crippen LogP contribution in [-0.2, 0) is 0 Å². The molecule has 2 aromatic rings. The smallest absolute Gasteiger partial charge is 0.165 e. The number of nitrogen functional groups attached to an aromatic ring is 1. The Kier molecular flexibility index (Phi) is 2.95. The molecule has 3 nitrogen and oxygen atoms in total. The van der Waals surface area contributed by atoms with Crippen LogP contribution >= 0.6 is 0 Å². The average molecular weight is 232 g/mol. The quantitative estimate of drug-likeness (QED) is 0.866. The summed E-state index contributed by atoms with van der Waals surface area (Å²) in [6.45, 7) is 1.82. The number of methoxy groups -OCH3 is 1. The van der Waals surface area contributed by atoms with Crippen LogP contribution < -0.4 is 10.5 Å². The summed E-state index contributed by atoms with van der Waals surface area (Å²) in [5.74, 6) is -0.179. The van der Waals surface area contributed by atoms with Crippen LogP contribution in [0, 0.1) is 12.7 Å². The number of pyridine rings is 1. The molecule has 0 bridgehead atoms. The Morgan fingerprint density at radius 2 is 2.00 bits per heavy atom. The lowest BCUT2D eigenvalue weighted by Crippen LogP contribution is -1.95. The van der Waals surface area contributed by atoms with Gasteiger partial charge in [0.05, 0.1) is 24.2 Å². The van der Waals surface area contributed by atoms with E-state index in [9.17, 15) is 4.39 Å². The zero-order valence-corrected chi connectivity index (χ0v) is 9.70. The van der Waals surface area contributed by atoms with Crippen LogP contribution in [0.15, 0.2) is 30.3 Å². The summed E-state index contributed by atoms with van der Waals surface area (Å²) >= 11 is 0. The highest BCUT2D eigenvalue weighted by Gasteiger charge is 2.07. The van der Waals surface area contributed by atoms with Gasteiger partial charge in [-0.2, -0.15) is 0 Å². The molecular weight excluding hydrogens is 219 g/mol. The first-order valence-corrected chi connectivity index (χ1v) is 5.19. The van der Waals surface area contributed by atoms with Gasteiger partial charge >= 0.3 is 0 Å². The van der Waals surface area contributed by atoms with E-state index in [1.807, 2.05) is 6.92 Å². The Labute approximate surface area is 99.1 Å². The van der Waals surface area contributed by atoms with Crippen molar-refractivity contribution in [1.82, 2.24) is 4.98 Å². The van der Waals surface area contributed by atoms with Crippen molar-refractivity contribution in [3.63, 3.8) is 0 Å². The zero-order valence-electron chi connectivity index (χ0n) is 9.70. The van der Waals surface area contributed by atoms with Gasteiger partial charge in [-0.05, 0) is 37.3 Å². The van der Waals surface area contributed by atoms with E-state index in [-0.39, 0.29) is 5.75 Å². The number of hydrogen-bond donors (Lipinski definition) is 1. The van der Waals surface area contributed by atoms with E-state index in [1.54, 1.807) is 24.3 Å². The number of anilines is 1. The molecule has 0 unspecified atom stereocenters. The molecule has 0 aliphatic rings. The third-order valence-corrected chi connectivity index (χ3v) is 2.57. The molecule has 0 saturated carbocycles. The molecular formula is C13H13FN2O. The van der Waals surface area contributed by atoms with Crippen LogP contribution in [0.4, 0.5) is 10.1 Å². The van der Waals surface area contributed by atoms with Gasteiger partial charge in [-0.1, -0.05) is 0 Å². The maximum atomic E-state index is 13.5. The van der Waals surface area contributed by atoms with Crippen molar-refractivity contribution in [2.45, 2.75) is 6.92 Å². The van der Waals surface area contributed by atoms with Crippen molar-refractivity contribution in [2.24, 2.45) is 0 Å². The van der Waals surface area contributed by atoms with Gasteiger partial charge in [0.1, 0.15) is 0 Å². The van der Waals surface area contributed by atoms with Crippen LogP contribution in [0.25, 0.3) is 11.3 Å². The molecule has 0 spiro atoms. The van der Waals surface area contributed by atoms with Gasteiger partial charge in [-0.25, -0.2) is 4.39 Å². The normalized spacial score (nSPS) is 10.3. The Bertz CT molecular complexity index is 555. The van der Waals surface area contributed by atoms with Crippen molar-refractivity contribution in [3.05, 3.63) is 41.8 Å². The van der Waals surface area contributed by atoms with Crippen molar-refractivity contribution < 1.29 is 9.13 Å². The molecule has 0 amide bonds. The summed E-state index contributed by atoms with van der Waals surface area (Å²) in [6, 6.07) is 8.28. The van der Waals surface area contributed by atoms with Gasteiger partial charge < -0.3 is 10.5 Å². The van der Waals surface area contributed by atoms with E-state index in [0.717, 1.165) is 5.69 Å². The number of aryl methyl sites for hydroxylation is 1. The first-order valence-electron chi connectivity index (χ1n) is 5.19. The molecule has 1 aromatic carbocycles. The van der Waals surface area contributed by atoms with Crippen molar-refractivity contribution in [1.29, 1.82) is 0 Å². The van der Waals surface area contributed by atoms with Gasteiger partial charge in [0.15, 0.2) is 11.6 Å². The highest BCUT2D eigenvalue weighted by molar-refractivity contribution is 5.63. The van der Waals surface area contributed by atoms with E-state index >= 15 is 0 Å². The minimum atomic E-state index is -0.402. The summed E-state index contributed by atoms with van der Waals surface area (Å²) in [5, 5.41) is 0. The van der Waals surface area contributed by atoms with Gasteiger partial charge in [-0.3, -0.25) is 4.98 Å². The van der Waals surface area contributed by atoms with Gasteiger partial charge in [0.25, 0.3) is 0 Å². The molecule has 88 valence electrons. The molecule has 0 saturated heterocycles. The van der Waals surface area contributed by atoms with Crippen LogP contribution in [0.3, 0.4) is 0 Å². The third kappa shape index (κ3) is 2.20. The van der Waals surface area contributed by atoms with Gasteiger partial charge in [-0.15, -0.1) is 0 Å². The lowest BCUT2D eigenvalue weighted by atomic mass is 10.1. The Hall–Kier alpha value is -2.10. The molecule has 0 radical (unpaired) electrons. The second-order valence-corrected chi connectivity index (χ2v) is 3.72.